The molecule has 5 rings (SSSR count). The summed E-state index contributed by atoms with van der Waals surface area (Å²) in [5, 5.41) is 21.0. The van der Waals surface area contributed by atoms with Crippen molar-refractivity contribution >= 4 is 28.5 Å². The lowest BCUT2D eigenvalue weighted by atomic mass is 10.1. The van der Waals surface area contributed by atoms with E-state index in [0.717, 1.165) is 31.6 Å². The Morgan fingerprint density at radius 1 is 1.15 bits per heavy atom. The number of aromatic nitrogens is 4. The number of fused-ring (bicyclic) bond motifs is 1. The van der Waals surface area contributed by atoms with Gasteiger partial charge in [-0.2, -0.15) is 0 Å². The summed E-state index contributed by atoms with van der Waals surface area (Å²) < 4.78 is 0. The van der Waals surface area contributed by atoms with E-state index in [1.54, 1.807) is 13.1 Å². The fourth-order valence-corrected chi connectivity index (χ4v) is 4.34. The van der Waals surface area contributed by atoms with Crippen molar-refractivity contribution in [3.05, 3.63) is 41.9 Å². The van der Waals surface area contributed by atoms with E-state index in [9.17, 15) is 5.11 Å². The Labute approximate surface area is 194 Å². The third kappa shape index (κ3) is 5.05. The molecule has 4 heterocycles. The van der Waals surface area contributed by atoms with Gasteiger partial charge in [-0.3, -0.25) is 4.90 Å². The van der Waals surface area contributed by atoms with Gasteiger partial charge in [0.2, 0.25) is 5.95 Å². The summed E-state index contributed by atoms with van der Waals surface area (Å²) in [6, 6.07) is 6.08. The lowest BCUT2D eigenvalue weighted by molar-refractivity contribution is 0.182. The summed E-state index contributed by atoms with van der Waals surface area (Å²) >= 11 is 0. The molecule has 0 aromatic carbocycles. The number of rotatable bonds is 7. The quantitative estimate of drug-likeness (QED) is 0.433. The maximum Gasteiger partial charge on any atom is 0.229 e. The molecule has 1 saturated heterocycles. The highest BCUT2D eigenvalue weighted by molar-refractivity contribution is 5.89. The summed E-state index contributed by atoms with van der Waals surface area (Å²) in [6.07, 6.45) is 5.59. The molecule has 1 saturated carbocycles. The first-order valence-corrected chi connectivity index (χ1v) is 11.7. The fraction of sp³-hybridized carbons (Fsp3) is 0.500. The van der Waals surface area contributed by atoms with Gasteiger partial charge in [0.05, 0.1) is 11.8 Å². The van der Waals surface area contributed by atoms with Crippen LogP contribution < -0.4 is 16.0 Å². The van der Waals surface area contributed by atoms with E-state index in [0.29, 0.717) is 34.3 Å². The number of hydrogen-bond donors (Lipinski definition) is 4. The van der Waals surface area contributed by atoms with Crippen LogP contribution in [0.4, 0.5) is 17.6 Å². The topological polar surface area (TPSA) is 111 Å². The summed E-state index contributed by atoms with van der Waals surface area (Å²) in [4.78, 5) is 20.8. The van der Waals surface area contributed by atoms with Crippen LogP contribution in [0.15, 0.2) is 30.6 Å². The molecule has 1 atom stereocenters. The Morgan fingerprint density at radius 3 is 2.70 bits per heavy atom. The van der Waals surface area contributed by atoms with Crippen LogP contribution in [0.3, 0.4) is 0 Å². The number of anilines is 3. The smallest absolute Gasteiger partial charge is 0.229 e. The minimum absolute atomic E-state index is 0.177. The molecule has 1 unspecified atom stereocenters. The van der Waals surface area contributed by atoms with Crippen molar-refractivity contribution in [1.82, 2.24) is 30.2 Å². The molecule has 1 spiro atoms. The van der Waals surface area contributed by atoms with Crippen molar-refractivity contribution in [2.45, 2.75) is 57.8 Å². The third-order valence-electron chi connectivity index (χ3n) is 6.22. The molecule has 3 aromatic heterocycles. The Hall–Kier alpha value is -2.88. The van der Waals surface area contributed by atoms with E-state index in [2.05, 4.69) is 46.9 Å². The van der Waals surface area contributed by atoms with Gasteiger partial charge in [-0.1, -0.05) is 6.07 Å². The number of piperazine rings is 1. The average molecular weight is 449 g/mol. The highest BCUT2D eigenvalue weighted by atomic mass is 16.3. The minimum Gasteiger partial charge on any atom is -0.387 e. The SMILES string of the molecule is CC(C)Nc1nc(C(C)O)cc2cnc(Nc3ccc(CN4CCNC5(CC5)C4)cn3)nc12. The van der Waals surface area contributed by atoms with E-state index in [-0.39, 0.29) is 6.04 Å². The van der Waals surface area contributed by atoms with Crippen LogP contribution in [0.25, 0.3) is 10.9 Å². The lowest BCUT2D eigenvalue weighted by Crippen LogP contribution is -2.51. The second-order valence-electron chi connectivity index (χ2n) is 9.60. The van der Waals surface area contributed by atoms with Crippen molar-refractivity contribution in [2.75, 3.05) is 30.3 Å². The number of nitrogens with zero attached hydrogens (tertiary/aromatic N) is 5. The summed E-state index contributed by atoms with van der Waals surface area (Å²) in [6.45, 7) is 9.96. The lowest BCUT2D eigenvalue weighted by Gasteiger charge is -2.33. The molecule has 0 amide bonds. The van der Waals surface area contributed by atoms with Crippen molar-refractivity contribution in [2.24, 2.45) is 0 Å². The zero-order valence-corrected chi connectivity index (χ0v) is 19.5. The summed E-state index contributed by atoms with van der Waals surface area (Å²) in [5.74, 6) is 1.79. The molecule has 9 heteroatoms. The van der Waals surface area contributed by atoms with Gasteiger partial charge in [0.1, 0.15) is 11.3 Å². The zero-order valence-electron chi connectivity index (χ0n) is 19.5. The van der Waals surface area contributed by atoms with Gasteiger partial charge in [-0.05, 0) is 51.3 Å². The van der Waals surface area contributed by atoms with Crippen molar-refractivity contribution in [1.29, 1.82) is 0 Å². The Bertz CT molecular complexity index is 1130. The van der Waals surface area contributed by atoms with Gasteiger partial charge < -0.3 is 21.1 Å². The number of nitrogens with one attached hydrogen (secondary N) is 3. The van der Waals surface area contributed by atoms with E-state index < -0.39 is 6.10 Å². The van der Waals surface area contributed by atoms with Crippen molar-refractivity contribution < 1.29 is 5.11 Å². The molecular formula is C24H32N8O. The van der Waals surface area contributed by atoms with Gasteiger partial charge in [0.15, 0.2) is 5.82 Å². The molecule has 2 aliphatic rings. The Kier molecular flexibility index (Phi) is 5.86. The van der Waals surface area contributed by atoms with Gasteiger partial charge in [-0.25, -0.2) is 19.9 Å². The second kappa shape index (κ2) is 8.81. The van der Waals surface area contributed by atoms with Gasteiger partial charge in [-0.15, -0.1) is 0 Å². The largest absolute Gasteiger partial charge is 0.387 e. The molecule has 33 heavy (non-hydrogen) atoms. The molecule has 174 valence electrons. The fourth-order valence-electron chi connectivity index (χ4n) is 4.34. The minimum atomic E-state index is -0.668. The normalized spacial score (nSPS) is 18.6. The standard InChI is InChI=1S/C24H32N8O/c1-15(2)28-22-21-18(10-19(29-22)16(3)33)12-26-23(31-21)30-20-5-4-17(11-25-20)13-32-9-8-27-24(14-32)6-7-24/h4-5,10-12,15-16,27,33H,6-9,13-14H2,1-3H3,(H,28,29)(H,25,26,30,31). The van der Waals surface area contributed by atoms with Gasteiger partial charge >= 0.3 is 0 Å². The van der Waals surface area contributed by atoms with Crippen LogP contribution >= 0.6 is 0 Å². The van der Waals surface area contributed by atoms with Crippen LogP contribution in [0, 0.1) is 0 Å². The maximum absolute atomic E-state index is 9.99. The Balaban J connectivity index is 1.31. The average Bonchev–Trinajstić information content (AvgIpc) is 3.53. The first-order chi connectivity index (χ1) is 15.9. The zero-order chi connectivity index (χ0) is 23.0. The molecule has 0 radical (unpaired) electrons. The van der Waals surface area contributed by atoms with Crippen LogP contribution in [-0.4, -0.2) is 61.2 Å². The maximum atomic E-state index is 9.99. The molecular weight excluding hydrogens is 416 g/mol. The summed E-state index contributed by atoms with van der Waals surface area (Å²) in [5.41, 5.74) is 2.88. The van der Waals surface area contributed by atoms with Crippen LogP contribution in [0.2, 0.25) is 0 Å². The molecule has 9 nitrogen and oxygen atoms in total. The molecule has 1 aliphatic carbocycles. The van der Waals surface area contributed by atoms with Crippen molar-refractivity contribution in [3.8, 4) is 0 Å². The van der Waals surface area contributed by atoms with Gasteiger partial charge in [0.25, 0.3) is 0 Å². The monoisotopic (exact) mass is 448 g/mol. The second-order valence-corrected chi connectivity index (χ2v) is 9.60. The van der Waals surface area contributed by atoms with Gasteiger partial charge in [0, 0.05) is 55.5 Å². The van der Waals surface area contributed by atoms with E-state index >= 15 is 0 Å². The van der Waals surface area contributed by atoms with Crippen LogP contribution in [-0.2, 0) is 6.54 Å². The molecule has 3 aromatic rings. The number of hydrogen-bond acceptors (Lipinski definition) is 9. The predicted octanol–water partition coefficient (Wildman–Crippen LogP) is 2.97. The highest BCUT2D eigenvalue weighted by Crippen LogP contribution is 2.37. The number of aliphatic hydroxyl groups is 1. The molecule has 1 aliphatic heterocycles. The summed E-state index contributed by atoms with van der Waals surface area (Å²) in [7, 11) is 0. The third-order valence-corrected chi connectivity index (χ3v) is 6.22. The van der Waals surface area contributed by atoms with Crippen LogP contribution in [0.1, 0.15) is 51.0 Å². The predicted molar refractivity (Wildman–Crippen MR) is 129 cm³/mol. The molecule has 4 N–H and O–H groups in total. The molecule has 0 bridgehead atoms. The first-order valence-electron chi connectivity index (χ1n) is 11.7. The van der Waals surface area contributed by atoms with E-state index in [4.69, 9.17) is 0 Å². The number of pyridine rings is 2. The number of aliphatic hydroxyl groups excluding tert-OH is 1. The first kappa shape index (κ1) is 21.9. The highest BCUT2D eigenvalue weighted by Gasteiger charge is 2.45. The van der Waals surface area contributed by atoms with Crippen molar-refractivity contribution in [3.63, 3.8) is 0 Å². The van der Waals surface area contributed by atoms with E-state index in [1.807, 2.05) is 32.2 Å². The van der Waals surface area contributed by atoms with Crippen LogP contribution in [0.5, 0.6) is 0 Å². The Morgan fingerprint density at radius 2 is 2.00 bits per heavy atom. The molecule has 2 fully saturated rings. The van der Waals surface area contributed by atoms with E-state index in [1.165, 1.54) is 18.4 Å².